The molecule has 2 rings (SSSR count). The van der Waals surface area contributed by atoms with Crippen molar-refractivity contribution in [3.8, 4) is 0 Å². The third-order valence-electron chi connectivity index (χ3n) is 5.08. The van der Waals surface area contributed by atoms with Gasteiger partial charge >= 0.3 is 0 Å². The van der Waals surface area contributed by atoms with Crippen molar-refractivity contribution in [3.05, 3.63) is 0 Å². The van der Waals surface area contributed by atoms with E-state index in [1.807, 2.05) is 0 Å². The zero-order chi connectivity index (χ0) is 17.6. The van der Waals surface area contributed by atoms with Gasteiger partial charge in [-0.3, -0.25) is 4.99 Å². The molecular formula is C17H34N4O2S. The van der Waals surface area contributed by atoms with Crippen LogP contribution in [0.3, 0.4) is 0 Å². The standard InChI is InChI=1S/C17H34N4O2S/c1-4-8-17(3)9-6-11-20(15-17)16(18-5-2)19-10-13-21-12-7-14-24(21,22)23/h4-15H2,1-3H3,(H,18,19). The molecule has 0 amide bonds. The number of guanidine groups is 1. The number of aliphatic imine (C=N–C) groups is 1. The second kappa shape index (κ2) is 8.52. The van der Waals surface area contributed by atoms with E-state index in [4.69, 9.17) is 4.99 Å². The van der Waals surface area contributed by atoms with Crippen LogP contribution in [-0.2, 0) is 10.0 Å². The van der Waals surface area contributed by atoms with E-state index in [2.05, 4.69) is 31.0 Å². The summed E-state index contributed by atoms with van der Waals surface area (Å²) in [5.41, 5.74) is 0.363. The molecule has 2 aliphatic rings. The third-order valence-corrected chi connectivity index (χ3v) is 7.04. The Kier molecular flexibility index (Phi) is 6.92. The number of hydrogen-bond acceptors (Lipinski definition) is 3. The van der Waals surface area contributed by atoms with Crippen LogP contribution in [0.2, 0.25) is 0 Å². The van der Waals surface area contributed by atoms with Gasteiger partial charge in [0.1, 0.15) is 0 Å². The van der Waals surface area contributed by atoms with E-state index in [-0.39, 0.29) is 5.75 Å². The van der Waals surface area contributed by atoms with Crippen molar-refractivity contribution in [2.45, 2.75) is 52.9 Å². The number of likely N-dealkylation sites (tertiary alicyclic amines) is 1. The predicted octanol–water partition coefficient (Wildman–Crippen LogP) is 1.89. The van der Waals surface area contributed by atoms with Gasteiger partial charge in [0.05, 0.1) is 12.3 Å². The maximum Gasteiger partial charge on any atom is 0.214 e. The summed E-state index contributed by atoms with van der Waals surface area (Å²) in [6.07, 6.45) is 5.68. The Morgan fingerprint density at radius 1 is 1.25 bits per heavy atom. The first-order valence-corrected chi connectivity index (χ1v) is 11.0. The van der Waals surface area contributed by atoms with Crippen LogP contribution >= 0.6 is 0 Å². The Morgan fingerprint density at radius 2 is 2.04 bits per heavy atom. The fourth-order valence-electron chi connectivity index (χ4n) is 3.94. The summed E-state index contributed by atoms with van der Waals surface area (Å²) in [7, 11) is -3.02. The van der Waals surface area contributed by atoms with Crippen LogP contribution in [0.1, 0.15) is 52.9 Å². The minimum atomic E-state index is -3.02. The molecule has 24 heavy (non-hydrogen) atoms. The van der Waals surface area contributed by atoms with Gasteiger partial charge in [-0.15, -0.1) is 0 Å². The lowest BCUT2D eigenvalue weighted by atomic mass is 9.78. The first kappa shape index (κ1) is 19.5. The molecule has 6 nitrogen and oxygen atoms in total. The van der Waals surface area contributed by atoms with Crippen molar-refractivity contribution in [3.63, 3.8) is 0 Å². The van der Waals surface area contributed by atoms with Crippen LogP contribution < -0.4 is 5.32 Å². The van der Waals surface area contributed by atoms with E-state index in [0.717, 1.165) is 32.0 Å². The lowest BCUT2D eigenvalue weighted by Crippen LogP contribution is -2.50. The van der Waals surface area contributed by atoms with Crippen LogP contribution in [0.5, 0.6) is 0 Å². The van der Waals surface area contributed by atoms with E-state index in [1.54, 1.807) is 4.31 Å². The average molecular weight is 359 g/mol. The summed E-state index contributed by atoms with van der Waals surface area (Å²) in [6, 6.07) is 0. The fraction of sp³-hybridized carbons (Fsp3) is 0.941. The summed E-state index contributed by atoms with van der Waals surface area (Å²) < 4.78 is 25.3. The summed E-state index contributed by atoms with van der Waals surface area (Å²) in [5, 5.41) is 3.39. The molecular weight excluding hydrogens is 324 g/mol. The van der Waals surface area contributed by atoms with Crippen molar-refractivity contribution < 1.29 is 8.42 Å². The maximum absolute atomic E-state index is 11.9. The number of hydrogen-bond donors (Lipinski definition) is 1. The molecule has 2 aliphatic heterocycles. The topological polar surface area (TPSA) is 65.0 Å². The molecule has 0 saturated carbocycles. The SMILES string of the molecule is CCCC1(C)CCCN(C(=NCCN2CCCS2(=O)=O)NCC)C1. The van der Waals surface area contributed by atoms with Crippen molar-refractivity contribution in [1.29, 1.82) is 0 Å². The quantitative estimate of drug-likeness (QED) is 0.582. The van der Waals surface area contributed by atoms with Gasteiger partial charge in [0, 0.05) is 32.7 Å². The van der Waals surface area contributed by atoms with Crippen molar-refractivity contribution in [2.75, 3.05) is 45.0 Å². The summed E-state index contributed by atoms with van der Waals surface area (Å²) in [4.78, 5) is 7.08. The molecule has 0 radical (unpaired) electrons. The monoisotopic (exact) mass is 358 g/mol. The fourth-order valence-corrected chi connectivity index (χ4v) is 5.46. The summed E-state index contributed by atoms with van der Waals surface area (Å²) in [5.74, 6) is 1.23. The summed E-state index contributed by atoms with van der Waals surface area (Å²) >= 11 is 0. The first-order chi connectivity index (χ1) is 11.4. The van der Waals surface area contributed by atoms with Crippen molar-refractivity contribution >= 4 is 16.0 Å². The first-order valence-electron chi connectivity index (χ1n) is 9.41. The van der Waals surface area contributed by atoms with Crippen LogP contribution in [-0.4, -0.2) is 68.6 Å². The zero-order valence-corrected chi connectivity index (χ0v) is 16.4. The van der Waals surface area contributed by atoms with E-state index in [1.165, 1.54) is 25.7 Å². The lowest BCUT2D eigenvalue weighted by molar-refractivity contribution is 0.142. The highest BCUT2D eigenvalue weighted by molar-refractivity contribution is 7.89. The van der Waals surface area contributed by atoms with E-state index >= 15 is 0 Å². The molecule has 0 aromatic heterocycles. The average Bonchev–Trinajstić information content (AvgIpc) is 2.85. The van der Waals surface area contributed by atoms with Gasteiger partial charge in [-0.2, -0.15) is 0 Å². The van der Waals surface area contributed by atoms with Gasteiger partial charge in [0.25, 0.3) is 0 Å². The molecule has 0 aliphatic carbocycles. The second-order valence-corrected chi connectivity index (χ2v) is 9.48. The van der Waals surface area contributed by atoms with Crippen LogP contribution in [0, 0.1) is 5.41 Å². The minimum absolute atomic E-state index is 0.290. The van der Waals surface area contributed by atoms with E-state index < -0.39 is 10.0 Å². The van der Waals surface area contributed by atoms with Crippen molar-refractivity contribution in [2.24, 2.45) is 10.4 Å². The Hall–Kier alpha value is -0.820. The Balaban J connectivity index is 1.97. The number of piperidine rings is 1. The molecule has 0 aromatic rings. The highest BCUT2D eigenvalue weighted by Crippen LogP contribution is 2.33. The molecule has 7 heteroatoms. The maximum atomic E-state index is 11.9. The lowest BCUT2D eigenvalue weighted by Gasteiger charge is -2.42. The van der Waals surface area contributed by atoms with Crippen molar-refractivity contribution in [1.82, 2.24) is 14.5 Å². The van der Waals surface area contributed by atoms with Crippen LogP contribution in [0.4, 0.5) is 0 Å². The molecule has 1 N–H and O–H groups in total. The Morgan fingerprint density at radius 3 is 2.67 bits per heavy atom. The molecule has 2 fully saturated rings. The molecule has 0 bridgehead atoms. The Bertz CT molecular complexity index is 531. The number of nitrogens with zero attached hydrogens (tertiary/aromatic N) is 3. The predicted molar refractivity (Wildman–Crippen MR) is 99.8 cm³/mol. The van der Waals surface area contributed by atoms with E-state index in [0.29, 0.717) is 25.0 Å². The second-order valence-electron chi connectivity index (χ2n) is 7.39. The van der Waals surface area contributed by atoms with Gasteiger partial charge in [0.2, 0.25) is 10.0 Å². The number of nitrogens with one attached hydrogen (secondary N) is 1. The van der Waals surface area contributed by atoms with Gasteiger partial charge in [-0.1, -0.05) is 20.3 Å². The largest absolute Gasteiger partial charge is 0.357 e. The van der Waals surface area contributed by atoms with Gasteiger partial charge in [0.15, 0.2) is 5.96 Å². The molecule has 1 unspecified atom stereocenters. The smallest absolute Gasteiger partial charge is 0.214 e. The molecule has 2 saturated heterocycles. The van der Waals surface area contributed by atoms with Crippen LogP contribution in [0.25, 0.3) is 0 Å². The van der Waals surface area contributed by atoms with E-state index in [9.17, 15) is 8.42 Å². The molecule has 2 heterocycles. The highest BCUT2D eigenvalue weighted by atomic mass is 32.2. The number of sulfonamides is 1. The Labute approximate surface area is 147 Å². The highest BCUT2D eigenvalue weighted by Gasteiger charge is 2.32. The summed E-state index contributed by atoms with van der Waals surface area (Å²) in [6.45, 7) is 11.3. The molecule has 0 aromatic carbocycles. The van der Waals surface area contributed by atoms with Gasteiger partial charge in [-0.25, -0.2) is 12.7 Å². The normalized spacial score (nSPS) is 28.3. The van der Waals surface area contributed by atoms with Gasteiger partial charge < -0.3 is 10.2 Å². The van der Waals surface area contributed by atoms with Crippen LogP contribution in [0.15, 0.2) is 4.99 Å². The zero-order valence-electron chi connectivity index (χ0n) is 15.6. The molecule has 1 atom stereocenters. The molecule has 140 valence electrons. The van der Waals surface area contributed by atoms with Gasteiger partial charge in [-0.05, 0) is 38.0 Å². The minimum Gasteiger partial charge on any atom is -0.357 e. The number of rotatable bonds is 6. The molecule has 0 spiro atoms. The third kappa shape index (κ3) is 5.09.